The number of hydrogen-bond acceptors (Lipinski definition) is 3. The predicted molar refractivity (Wildman–Crippen MR) is 98.1 cm³/mol. The minimum atomic E-state index is 0.141. The summed E-state index contributed by atoms with van der Waals surface area (Å²) < 4.78 is 0. The van der Waals surface area contributed by atoms with Gasteiger partial charge in [-0.1, -0.05) is 30.3 Å². The molecule has 1 aliphatic heterocycles. The van der Waals surface area contributed by atoms with Crippen molar-refractivity contribution in [1.29, 1.82) is 0 Å². The molecule has 1 amide bonds. The summed E-state index contributed by atoms with van der Waals surface area (Å²) in [6.45, 7) is 4.63. The Bertz CT molecular complexity index is 706. The Morgan fingerprint density at radius 1 is 1.00 bits per heavy atom. The van der Waals surface area contributed by atoms with Gasteiger partial charge in [-0.05, 0) is 42.0 Å². The summed E-state index contributed by atoms with van der Waals surface area (Å²) in [6.07, 6.45) is 6.61. The molecule has 0 unspecified atom stereocenters. The topological polar surface area (TPSA) is 36.4 Å². The molecule has 2 aliphatic rings. The van der Waals surface area contributed by atoms with Gasteiger partial charge in [0.05, 0.1) is 0 Å². The van der Waals surface area contributed by atoms with E-state index in [-0.39, 0.29) is 5.92 Å². The highest BCUT2D eigenvalue weighted by atomic mass is 16.2. The van der Waals surface area contributed by atoms with Crippen molar-refractivity contribution in [1.82, 2.24) is 14.8 Å². The number of amides is 1. The second-order valence-corrected chi connectivity index (χ2v) is 7.19. The van der Waals surface area contributed by atoms with E-state index in [0.29, 0.717) is 5.91 Å². The lowest BCUT2D eigenvalue weighted by atomic mass is 10.0. The fourth-order valence-corrected chi connectivity index (χ4v) is 4.09. The van der Waals surface area contributed by atoms with Crippen molar-refractivity contribution in [2.75, 3.05) is 26.2 Å². The van der Waals surface area contributed by atoms with Gasteiger partial charge >= 0.3 is 0 Å². The van der Waals surface area contributed by atoms with E-state index in [4.69, 9.17) is 0 Å². The largest absolute Gasteiger partial charge is 0.341 e. The van der Waals surface area contributed by atoms with Crippen molar-refractivity contribution in [2.24, 2.45) is 5.92 Å². The SMILES string of the molecule is O=C(C1Cc2ccccc2C1)N1CCCN(Cc2cccnc2)CC1. The number of fused-ring (bicyclic) bond motifs is 1. The second-order valence-electron chi connectivity index (χ2n) is 7.19. The number of carbonyl (C=O) groups excluding carboxylic acids is 1. The first-order valence-electron chi connectivity index (χ1n) is 9.26. The minimum absolute atomic E-state index is 0.141. The number of nitrogens with zero attached hydrogens (tertiary/aromatic N) is 3. The highest BCUT2D eigenvalue weighted by molar-refractivity contribution is 5.80. The van der Waals surface area contributed by atoms with Gasteiger partial charge in [0.2, 0.25) is 5.91 Å². The maximum atomic E-state index is 13.0. The number of carbonyl (C=O) groups is 1. The van der Waals surface area contributed by atoms with Gasteiger partial charge in [-0.3, -0.25) is 14.7 Å². The van der Waals surface area contributed by atoms with Crippen LogP contribution in [0.5, 0.6) is 0 Å². The van der Waals surface area contributed by atoms with Gasteiger partial charge < -0.3 is 4.90 Å². The molecule has 4 nitrogen and oxygen atoms in total. The van der Waals surface area contributed by atoms with Gasteiger partial charge in [-0.15, -0.1) is 0 Å². The fourth-order valence-electron chi connectivity index (χ4n) is 4.09. The maximum absolute atomic E-state index is 13.0. The van der Waals surface area contributed by atoms with E-state index in [2.05, 4.69) is 45.1 Å². The number of aromatic nitrogens is 1. The number of hydrogen-bond donors (Lipinski definition) is 0. The molecule has 25 heavy (non-hydrogen) atoms. The van der Waals surface area contributed by atoms with Crippen molar-refractivity contribution >= 4 is 5.91 Å². The van der Waals surface area contributed by atoms with Crippen molar-refractivity contribution in [3.8, 4) is 0 Å². The van der Waals surface area contributed by atoms with Crippen LogP contribution in [0.15, 0.2) is 48.8 Å². The van der Waals surface area contributed by atoms with Gasteiger partial charge in [0.15, 0.2) is 0 Å². The molecule has 1 fully saturated rings. The van der Waals surface area contributed by atoms with Crippen LogP contribution in [-0.4, -0.2) is 46.9 Å². The third-order valence-electron chi connectivity index (χ3n) is 5.43. The molecule has 4 rings (SSSR count). The van der Waals surface area contributed by atoms with Crippen LogP contribution in [0.25, 0.3) is 0 Å². The average molecular weight is 335 g/mol. The number of pyridine rings is 1. The Morgan fingerprint density at radius 2 is 1.80 bits per heavy atom. The smallest absolute Gasteiger partial charge is 0.226 e. The van der Waals surface area contributed by atoms with Gasteiger partial charge in [-0.25, -0.2) is 0 Å². The van der Waals surface area contributed by atoms with E-state index in [1.54, 1.807) is 0 Å². The van der Waals surface area contributed by atoms with Crippen LogP contribution in [0, 0.1) is 5.92 Å². The summed E-state index contributed by atoms with van der Waals surface area (Å²) in [6, 6.07) is 12.6. The van der Waals surface area contributed by atoms with Crippen molar-refractivity contribution in [2.45, 2.75) is 25.8 Å². The summed E-state index contributed by atoms with van der Waals surface area (Å²) in [5.74, 6) is 0.488. The second kappa shape index (κ2) is 7.36. The van der Waals surface area contributed by atoms with Gasteiger partial charge in [0, 0.05) is 51.0 Å². The van der Waals surface area contributed by atoms with Crippen LogP contribution >= 0.6 is 0 Å². The Kier molecular flexibility index (Phi) is 4.79. The van der Waals surface area contributed by atoms with Gasteiger partial charge in [-0.2, -0.15) is 0 Å². The monoisotopic (exact) mass is 335 g/mol. The molecule has 0 spiro atoms. The Hall–Kier alpha value is -2.20. The summed E-state index contributed by atoms with van der Waals surface area (Å²) in [7, 11) is 0. The van der Waals surface area contributed by atoms with E-state index in [1.165, 1.54) is 16.7 Å². The number of rotatable bonds is 3. The zero-order valence-electron chi connectivity index (χ0n) is 14.6. The van der Waals surface area contributed by atoms with Crippen molar-refractivity contribution < 1.29 is 4.79 Å². The Labute approximate surface area is 149 Å². The highest BCUT2D eigenvalue weighted by Crippen LogP contribution is 2.28. The van der Waals surface area contributed by atoms with Crippen molar-refractivity contribution in [3.05, 3.63) is 65.5 Å². The molecule has 1 saturated heterocycles. The first kappa shape index (κ1) is 16.3. The summed E-state index contributed by atoms with van der Waals surface area (Å²) >= 11 is 0. The summed E-state index contributed by atoms with van der Waals surface area (Å²) in [4.78, 5) is 21.7. The van der Waals surface area contributed by atoms with Crippen LogP contribution in [0.1, 0.15) is 23.1 Å². The normalized spacial score (nSPS) is 18.8. The lowest BCUT2D eigenvalue weighted by molar-refractivity contribution is -0.135. The molecule has 1 aliphatic carbocycles. The van der Waals surface area contributed by atoms with E-state index in [0.717, 1.165) is 52.0 Å². The first-order chi connectivity index (χ1) is 12.3. The zero-order valence-corrected chi connectivity index (χ0v) is 14.6. The molecule has 1 aromatic carbocycles. The maximum Gasteiger partial charge on any atom is 0.226 e. The molecule has 2 aromatic rings. The van der Waals surface area contributed by atoms with E-state index >= 15 is 0 Å². The van der Waals surface area contributed by atoms with Crippen LogP contribution in [0.3, 0.4) is 0 Å². The van der Waals surface area contributed by atoms with Crippen LogP contribution in [-0.2, 0) is 24.2 Å². The molecule has 0 radical (unpaired) electrons. The fraction of sp³-hybridized carbons (Fsp3) is 0.429. The summed E-state index contributed by atoms with van der Waals surface area (Å²) in [5.41, 5.74) is 3.95. The van der Waals surface area contributed by atoms with E-state index in [9.17, 15) is 4.79 Å². The molecule has 2 heterocycles. The molecule has 1 aromatic heterocycles. The zero-order chi connectivity index (χ0) is 17.1. The molecule has 4 heteroatoms. The molecule has 130 valence electrons. The standard InChI is InChI=1S/C21H25N3O/c25-21(20-13-18-6-1-2-7-19(18)14-20)24-10-4-9-23(11-12-24)16-17-5-3-8-22-15-17/h1-3,5-8,15,20H,4,9-14,16H2. The third-order valence-corrected chi connectivity index (χ3v) is 5.43. The lowest BCUT2D eigenvalue weighted by Crippen LogP contribution is -2.39. The molecule has 0 saturated carbocycles. The molecule has 0 N–H and O–H groups in total. The van der Waals surface area contributed by atoms with Gasteiger partial charge in [0.1, 0.15) is 0 Å². The molecule has 0 bridgehead atoms. The van der Waals surface area contributed by atoms with Crippen LogP contribution < -0.4 is 0 Å². The van der Waals surface area contributed by atoms with E-state index < -0.39 is 0 Å². The van der Waals surface area contributed by atoms with Gasteiger partial charge in [0.25, 0.3) is 0 Å². The van der Waals surface area contributed by atoms with E-state index in [1.807, 2.05) is 18.5 Å². The summed E-state index contributed by atoms with van der Waals surface area (Å²) in [5, 5.41) is 0. The number of benzene rings is 1. The molecular formula is C21H25N3O. The van der Waals surface area contributed by atoms with Crippen LogP contribution in [0.4, 0.5) is 0 Å². The van der Waals surface area contributed by atoms with Crippen molar-refractivity contribution in [3.63, 3.8) is 0 Å². The highest BCUT2D eigenvalue weighted by Gasteiger charge is 2.31. The molecule has 0 atom stereocenters. The quantitative estimate of drug-likeness (QED) is 0.865. The Morgan fingerprint density at radius 3 is 2.52 bits per heavy atom. The first-order valence-corrected chi connectivity index (χ1v) is 9.26. The lowest BCUT2D eigenvalue weighted by Gasteiger charge is -2.24. The Balaban J connectivity index is 1.34. The minimum Gasteiger partial charge on any atom is -0.341 e. The molecular weight excluding hydrogens is 310 g/mol. The average Bonchev–Trinajstić information content (AvgIpc) is 2.95. The predicted octanol–water partition coefficient (Wildman–Crippen LogP) is 2.53. The van der Waals surface area contributed by atoms with Crippen LogP contribution in [0.2, 0.25) is 0 Å². The third kappa shape index (κ3) is 3.74.